The van der Waals surface area contributed by atoms with E-state index in [4.69, 9.17) is 4.74 Å². The number of rotatable bonds is 6. The Kier molecular flexibility index (Phi) is 5.63. The molecular formula is C22H21O2P. The van der Waals surface area contributed by atoms with Crippen molar-refractivity contribution in [3.63, 3.8) is 0 Å². The van der Waals surface area contributed by atoms with Crippen LogP contribution in [0.1, 0.15) is 27.0 Å². The maximum absolute atomic E-state index is 11.3. The Morgan fingerprint density at radius 3 is 2.40 bits per heavy atom. The summed E-state index contributed by atoms with van der Waals surface area (Å²) < 4.78 is 6.17. The molecule has 0 radical (unpaired) electrons. The van der Waals surface area contributed by atoms with Crippen LogP contribution in [-0.2, 0) is 6.61 Å². The first-order valence-corrected chi connectivity index (χ1v) is 9.26. The van der Waals surface area contributed by atoms with Crippen LogP contribution in [0.5, 0.6) is 5.75 Å². The maximum Gasteiger partial charge on any atom is 0.150 e. The number of carbonyl (C=O) groups is 1. The van der Waals surface area contributed by atoms with Gasteiger partial charge in [-0.05, 0) is 41.9 Å². The molecule has 25 heavy (non-hydrogen) atoms. The average molecular weight is 348 g/mol. The van der Waals surface area contributed by atoms with Crippen molar-refractivity contribution in [2.45, 2.75) is 20.5 Å². The van der Waals surface area contributed by atoms with Crippen LogP contribution in [0.4, 0.5) is 0 Å². The summed E-state index contributed by atoms with van der Waals surface area (Å²) in [6.07, 6.45) is 0.926. The smallest absolute Gasteiger partial charge is 0.150 e. The first kappa shape index (κ1) is 17.4. The SMILES string of the molecule is Cc1cc(C)c(OCc2ccccc2)c(Pc2ccccc2C=O)c1. The number of benzene rings is 3. The molecule has 0 aliphatic heterocycles. The molecule has 0 aromatic heterocycles. The minimum absolute atomic E-state index is 0.385. The summed E-state index contributed by atoms with van der Waals surface area (Å²) in [6, 6.07) is 22.2. The van der Waals surface area contributed by atoms with Gasteiger partial charge < -0.3 is 4.74 Å². The molecule has 0 aliphatic carbocycles. The highest BCUT2D eigenvalue weighted by molar-refractivity contribution is 7.56. The summed E-state index contributed by atoms with van der Waals surface area (Å²) >= 11 is 0. The van der Waals surface area contributed by atoms with Crippen LogP contribution in [0.25, 0.3) is 0 Å². The Bertz CT molecular complexity index is 872. The molecule has 3 aromatic carbocycles. The van der Waals surface area contributed by atoms with Crippen molar-refractivity contribution in [3.8, 4) is 5.75 Å². The van der Waals surface area contributed by atoms with Crippen molar-refractivity contribution in [2.24, 2.45) is 0 Å². The van der Waals surface area contributed by atoms with E-state index in [1.165, 1.54) is 5.56 Å². The quantitative estimate of drug-likeness (QED) is 0.490. The lowest BCUT2D eigenvalue weighted by Gasteiger charge is -2.16. The van der Waals surface area contributed by atoms with Gasteiger partial charge in [0.1, 0.15) is 12.4 Å². The zero-order valence-electron chi connectivity index (χ0n) is 14.5. The van der Waals surface area contributed by atoms with Crippen LogP contribution < -0.4 is 15.3 Å². The monoisotopic (exact) mass is 348 g/mol. The summed E-state index contributed by atoms with van der Waals surface area (Å²) in [6.45, 7) is 4.71. The van der Waals surface area contributed by atoms with Gasteiger partial charge in [0.25, 0.3) is 0 Å². The second-order valence-corrected chi connectivity index (χ2v) is 7.39. The van der Waals surface area contributed by atoms with E-state index in [0.717, 1.165) is 39.3 Å². The van der Waals surface area contributed by atoms with Gasteiger partial charge in [0, 0.05) is 10.9 Å². The van der Waals surface area contributed by atoms with Crippen LogP contribution in [0.15, 0.2) is 66.7 Å². The number of hydrogen-bond donors (Lipinski definition) is 0. The van der Waals surface area contributed by atoms with Gasteiger partial charge in [-0.15, -0.1) is 0 Å². The molecule has 3 rings (SSSR count). The van der Waals surface area contributed by atoms with Gasteiger partial charge in [-0.3, -0.25) is 4.79 Å². The molecule has 0 fully saturated rings. The normalized spacial score (nSPS) is 11.0. The highest BCUT2D eigenvalue weighted by Crippen LogP contribution is 2.26. The molecule has 0 aliphatic rings. The molecule has 0 spiro atoms. The first-order valence-electron chi connectivity index (χ1n) is 8.26. The van der Waals surface area contributed by atoms with Crippen molar-refractivity contribution in [3.05, 3.63) is 89.0 Å². The van der Waals surface area contributed by atoms with Crippen molar-refractivity contribution in [2.75, 3.05) is 0 Å². The van der Waals surface area contributed by atoms with E-state index in [-0.39, 0.29) is 0 Å². The van der Waals surface area contributed by atoms with Crippen molar-refractivity contribution in [1.82, 2.24) is 0 Å². The minimum Gasteiger partial charge on any atom is -0.488 e. The fraction of sp³-hybridized carbons (Fsp3) is 0.136. The third-order valence-corrected chi connectivity index (χ3v) is 5.37. The number of hydrogen-bond acceptors (Lipinski definition) is 2. The lowest BCUT2D eigenvalue weighted by Crippen LogP contribution is -2.13. The predicted molar refractivity (Wildman–Crippen MR) is 106 cm³/mol. The number of aryl methyl sites for hydroxylation is 2. The summed E-state index contributed by atoms with van der Waals surface area (Å²) in [5.74, 6) is 0.925. The Balaban J connectivity index is 1.91. The number of ether oxygens (including phenoxy) is 1. The van der Waals surface area contributed by atoms with Crippen LogP contribution in [0.2, 0.25) is 0 Å². The Hall–Kier alpha value is -2.44. The van der Waals surface area contributed by atoms with Gasteiger partial charge in [0.05, 0.1) is 0 Å². The number of aldehydes is 1. The fourth-order valence-corrected chi connectivity index (χ4v) is 4.27. The van der Waals surface area contributed by atoms with Gasteiger partial charge in [-0.2, -0.15) is 0 Å². The molecule has 0 bridgehead atoms. The molecule has 3 aromatic rings. The lowest BCUT2D eigenvalue weighted by atomic mass is 10.1. The topological polar surface area (TPSA) is 26.3 Å². The number of carbonyl (C=O) groups excluding carboxylic acids is 1. The van der Waals surface area contributed by atoms with Gasteiger partial charge in [0.2, 0.25) is 0 Å². The molecule has 1 atom stereocenters. The summed E-state index contributed by atoms with van der Waals surface area (Å²) in [4.78, 5) is 11.3. The van der Waals surface area contributed by atoms with Crippen LogP contribution in [-0.4, -0.2) is 6.29 Å². The summed E-state index contributed by atoms with van der Waals surface area (Å²) in [5, 5.41) is 2.19. The second kappa shape index (κ2) is 8.09. The van der Waals surface area contributed by atoms with E-state index in [0.29, 0.717) is 15.2 Å². The van der Waals surface area contributed by atoms with Crippen LogP contribution in [0, 0.1) is 13.8 Å². The Labute approximate surface area is 150 Å². The fourth-order valence-electron chi connectivity index (χ4n) is 2.83. The Morgan fingerprint density at radius 2 is 1.64 bits per heavy atom. The molecular weight excluding hydrogens is 327 g/mol. The molecule has 0 N–H and O–H groups in total. The molecule has 2 nitrogen and oxygen atoms in total. The average Bonchev–Trinajstić information content (AvgIpc) is 2.62. The van der Waals surface area contributed by atoms with Crippen molar-refractivity contribution >= 4 is 25.5 Å². The zero-order chi connectivity index (χ0) is 17.6. The highest BCUT2D eigenvalue weighted by Gasteiger charge is 2.12. The molecule has 0 saturated carbocycles. The molecule has 3 heteroatoms. The molecule has 0 amide bonds. The van der Waals surface area contributed by atoms with Crippen molar-refractivity contribution in [1.29, 1.82) is 0 Å². The first-order chi connectivity index (χ1) is 12.2. The maximum atomic E-state index is 11.3. The van der Waals surface area contributed by atoms with E-state index in [1.54, 1.807) is 0 Å². The zero-order valence-corrected chi connectivity index (χ0v) is 15.5. The third kappa shape index (κ3) is 4.35. The predicted octanol–water partition coefficient (Wildman–Crippen LogP) is 4.32. The third-order valence-electron chi connectivity index (χ3n) is 4.00. The van der Waals surface area contributed by atoms with Gasteiger partial charge in [-0.25, -0.2) is 0 Å². The molecule has 0 heterocycles. The largest absolute Gasteiger partial charge is 0.488 e. The minimum atomic E-state index is 0.385. The van der Waals surface area contributed by atoms with Gasteiger partial charge in [0.15, 0.2) is 6.29 Å². The molecule has 126 valence electrons. The Morgan fingerprint density at radius 1 is 0.920 bits per heavy atom. The molecule has 1 unspecified atom stereocenters. The summed E-state index contributed by atoms with van der Waals surface area (Å²) in [7, 11) is 0.385. The highest BCUT2D eigenvalue weighted by atomic mass is 31.1. The van der Waals surface area contributed by atoms with E-state index >= 15 is 0 Å². The van der Waals surface area contributed by atoms with Crippen LogP contribution >= 0.6 is 8.58 Å². The van der Waals surface area contributed by atoms with E-state index in [1.807, 2.05) is 42.5 Å². The standard InChI is InChI=1S/C22H21O2P/c1-16-12-17(2)22(24-15-18-8-4-3-5-9-18)21(13-16)25-20-11-7-6-10-19(20)14-23/h3-14,25H,15H2,1-2H3. The van der Waals surface area contributed by atoms with E-state index in [2.05, 4.69) is 38.1 Å². The van der Waals surface area contributed by atoms with Gasteiger partial charge in [-0.1, -0.05) is 69.2 Å². The van der Waals surface area contributed by atoms with E-state index in [9.17, 15) is 4.79 Å². The summed E-state index contributed by atoms with van der Waals surface area (Å²) in [5.41, 5.74) is 4.22. The van der Waals surface area contributed by atoms with Crippen LogP contribution in [0.3, 0.4) is 0 Å². The van der Waals surface area contributed by atoms with E-state index < -0.39 is 0 Å². The van der Waals surface area contributed by atoms with Gasteiger partial charge >= 0.3 is 0 Å². The van der Waals surface area contributed by atoms with Crippen molar-refractivity contribution < 1.29 is 9.53 Å². The molecule has 0 saturated heterocycles. The second-order valence-electron chi connectivity index (χ2n) is 6.06. The lowest BCUT2D eigenvalue weighted by molar-refractivity contribution is 0.112.